The maximum atomic E-state index is 13.5. The normalized spacial score (nSPS) is 12.4. The third-order valence-electron chi connectivity index (χ3n) is 5.06. The van der Waals surface area contributed by atoms with Crippen LogP contribution in [0.15, 0.2) is 42.5 Å². The van der Waals surface area contributed by atoms with Gasteiger partial charge in [-0.2, -0.15) is 0 Å². The first-order valence-electron chi connectivity index (χ1n) is 10.4. The van der Waals surface area contributed by atoms with Crippen molar-refractivity contribution in [1.29, 1.82) is 0 Å². The Labute approximate surface area is 205 Å². The van der Waals surface area contributed by atoms with Crippen LogP contribution in [0.25, 0.3) is 0 Å². The Bertz CT molecular complexity index is 1120. The second kappa shape index (κ2) is 11.2. The summed E-state index contributed by atoms with van der Waals surface area (Å²) in [4.78, 5) is 27.6. The fourth-order valence-corrected chi connectivity index (χ4v) is 4.66. The Kier molecular flexibility index (Phi) is 9.17. The Hall–Kier alpha value is -2.29. The van der Waals surface area contributed by atoms with Gasteiger partial charge in [0, 0.05) is 17.6 Å². The van der Waals surface area contributed by atoms with Crippen LogP contribution in [0, 0.1) is 6.92 Å². The molecule has 0 aromatic heterocycles. The highest BCUT2D eigenvalue weighted by Gasteiger charge is 2.31. The van der Waals surface area contributed by atoms with Crippen LogP contribution in [0.5, 0.6) is 0 Å². The van der Waals surface area contributed by atoms with Gasteiger partial charge in [0.1, 0.15) is 12.6 Å². The summed E-state index contributed by atoms with van der Waals surface area (Å²) < 4.78 is 26.1. The molecule has 2 rings (SSSR count). The molecular weight excluding hydrogens is 485 g/mol. The van der Waals surface area contributed by atoms with Crippen molar-refractivity contribution in [3.05, 3.63) is 63.6 Å². The number of carbonyl (C=O) groups is 2. The van der Waals surface area contributed by atoms with Gasteiger partial charge in [0.05, 0.1) is 17.0 Å². The molecule has 0 saturated heterocycles. The topological polar surface area (TPSA) is 86.8 Å². The fraction of sp³-hybridized carbons (Fsp3) is 0.391. The molecule has 0 aliphatic carbocycles. The van der Waals surface area contributed by atoms with Crippen LogP contribution in [0.2, 0.25) is 10.0 Å². The van der Waals surface area contributed by atoms with Crippen molar-refractivity contribution < 1.29 is 18.0 Å². The summed E-state index contributed by atoms with van der Waals surface area (Å²) in [5.74, 6) is -0.872. The van der Waals surface area contributed by atoms with Gasteiger partial charge >= 0.3 is 0 Å². The maximum Gasteiger partial charge on any atom is 0.244 e. The molecule has 0 spiro atoms. The minimum absolute atomic E-state index is 0.0942. The molecule has 0 aliphatic rings. The first kappa shape index (κ1) is 27.0. The number of hydrogen-bond acceptors (Lipinski definition) is 4. The highest BCUT2D eigenvalue weighted by Crippen LogP contribution is 2.30. The number of halogens is 2. The van der Waals surface area contributed by atoms with E-state index in [2.05, 4.69) is 5.32 Å². The minimum Gasteiger partial charge on any atom is -0.352 e. The summed E-state index contributed by atoms with van der Waals surface area (Å²) in [6, 6.07) is 10.9. The summed E-state index contributed by atoms with van der Waals surface area (Å²) in [7, 11) is -3.87. The van der Waals surface area contributed by atoms with Crippen LogP contribution in [0.3, 0.4) is 0 Å². The van der Waals surface area contributed by atoms with E-state index in [9.17, 15) is 18.0 Å². The minimum atomic E-state index is -3.87. The van der Waals surface area contributed by atoms with Gasteiger partial charge in [0.25, 0.3) is 0 Å². The average Bonchev–Trinajstić information content (AvgIpc) is 2.70. The van der Waals surface area contributed by atoms with Crippen molar-refractivity contribution in [2.45, 2.75) is 46.3 Å². The van der Waals surface area contributed by atoms with Gasteiger partial charge in [-0.15, -0.1) is 0 Å². The largest absolute Gasteiger partial charge is 0.352 e. The number of nitrogens with zero attached hydrogens (tertiary/aromatic N) is 2. The zero-order valence-corrected chi connectivity index (χ0v) is 21.6. The molecule has 180 valence electrons. The molecule has 0 fully saturated rings. The van der Waals surface area contributed by atoms with Crippen LogP contribution in [0.1, 0.15) is 31.9 Å². The molecule has 0 bridgehead atoms. The van der Waals surface area contributed by atoms with E-state index < -0.39 is 28.5 Å². The maximum absolute atomic E-state index is 13.5. The van der Waals surface area contributed by atoms with E-state index in [-0.39, 0.29) is 29.2 Å². The van der Waals surface area contributed by atoms with Crippen molar-refractivity contribution in [2.24, 2.45) is 0 Å². The van der Waals surface area contributed by atoms with E-state index in [0.29, 0.717) is 5.02 Å². The lowest BCUT2D eigenvalue weighted by Crippen LogP contribution is -2.52. The molecule has 7 nitrogen and oxygen atoms in total. The lowest BCUT2D eigenvalue weighted by molar-refractivity contribution is -0.139. The second-order valence-corrected chi connectivity index (χ2v) is 10.9. The molecule has 2 aromatic rings. The number of nitrogens with one attached hydrogen (secondary N) is 1. The van der Waals surface area contributed by atoms with Gasteiger partial charge in [-0.25, -0.2) is 8.42 Å². The molecular formula is C23H29Cl2N3O4S. The first-order valence-corrected chi connectivity index (χ1v) is 13.0. The number of hydrogen-bond donors (Lipinski definition) is 1. The number of benzene rings is 2. The number of rotatable bonds is 9. The van der Waals surface area contributed by atoms with E-state index in [1.165, 1.54) is 23.1 Å². The van der Waals surface area contributed by atoms with Gasteiger partial charge in [-0.3, -0.25) is 13.9 Å². The second-order valence-electron chi connectivity index (χ2n) is 8.15. The quantitative estimate of drug-likeness (QED) is 0.548. The predicted molar refractivity (Wildman–Crippen MR) is 133 cm³/mol. The number of carbonyl (C=O) groups excluding carboxylic acids is 2. The average molecular weight is 514 g/mol. The van der Waals surface area contributed by atoms with Gasteiger partial charge < -0.3 is 10.2 Å². The molecule has 1 N–H and O–H groups in total. The summed E-state index contributed by atoms with van der Waals surface area (Å²) >= 11 is 12.2. The van der Waals surface area contributed by atoms with Crippen molar-refractivity contribution in [3.8, 4) is 0 Å². The van der Waals surface area contributed by atoms with Gasteiger partial charge in [0.15, 0.2) is 0 Å². The Morgan fingerprint density at radius 1 is 1.06 bits per heavy atom. The number of sulfonamides is 1. The zero-order chi connectivity index (χ0) is 24.9. The number of amides is 2. The number of anilines is 1. The molecule has 0 saturated carbocycles. The van der Waals surface area contributed by atoms with Crippen LogP contribution < -0.4 is 9.62 Å². The van der Waals surface area contributed by atoms with Crippen LogP contribution >= 0.6 is 23.2 Å². The summed E-state index contributed by atoms with van der Waals surface area (Å²) in [5.41, 5.74) is 1.94. The molecule has 0 aliphatic heterocycles. The Morgan fingerprint density at radius 3 is 2.24 bits per heavy atom. The summed E-state index contributed by atoms with van der Waals surface area (Å²) in [5, 5.41) is 3.24. The standard InChI is InChI=1S/C23H29Cl2N3O4S/c1-15(2)26-23(30)17(4)27(13-18-9-7-6-8-16(18)3)22(29)14-28(33(5,31)32)21-11-10-19(24)12-20(21)25/h6-12,15,17H,13-14H2,1-5H3,(H,26,30)/t17-/m0/s1. The third-order valence-corrected chi connectivity index (χ3v) is 6.72. The van der Waals surface area contributed by atoms with Crippen molar-refractivity contribution >= 4 is 50.7 Å². The molecule has 2 amide bonds. The Morgan fingerprint density at radius 2 is 1.70 bits per heavy atom. The van der Waals surface area contributed by atoms with Gasteiger partial charge in [0.2, 0.25) is 21.8 Å². The van der Waals surface area contributed by atoms with Crippen LogP contribution in [0.4, 0.5) is 5.69 Å². The molecule has 33 heavy (non-hydrogen) atoms. The molecule has 0 radical (unpaired) electrons. The fourth-order valence-electron chi connectivity index (χ4n) is 3.24. The SMILES string of the molecule is Cc1ccccc1CN(C(=O)CN(c1ccc(Cl)cc1Cl)S(C)(=O)=O)[C@@H](C)C(=O)NC(C)C. The lowest BCUT2D eigenvalue weighted by Gasteiger charge is -2.32. The highest BCUT2D eigenvalue weighted by molar-refractivity contribution is 7.92. The van der Waals surface area contributed by atoms with E-state index >= 15 is 0 Å². The molecule has 2 aromatic carbocycles. The summed E-state index contributed by atoms with van der Waals surface area (Å²) in [6.07, 6.45) is 0.992. The monoisotopic (exact) mass is 513 g/mol. The molecule has 10 heteroatoms. The summed E-state index contributed by atoms with van der Waals surface area (Å²) in [6.45, 7) is 6.80. The lowest BCUT2D eigenvalue weighted by atomic mass is 10.1. The highest BCUT2D eigenvalue weighted by atomic mass is 35.5. The van der Waals surface area contributed by atoms with Gasteiger partial charge in [-0.05, 0) is 57.0 Å². The van der Waals surface area contributed by atoms with Gasteiger partial charge in [-0.1, -0.05) is 47.5 Å². The van der Waals surface area contributed by atoms with Crippen molar-refractivity contribution in [3.63, 3.8) is 0 Å². The van der Waals surface area contributed by atoms with Crippen molar-refractivity contribution in [2.75, 3.05) is 17.1 Å². The van der Waals surface area contributed by atoms with E-state index in [1.54, 1.807) is 6.92 Å². The van der Waals surface area contributed by atoms with E-state index in [4.69, 9.17) is 23.2 Å². The zero-order valence-electron chi connectivity index (χ0n) is 19.3. The number of aryl methyl sites for hydroxylation is 1. The Balaban J connectivity index is 2.44. The smallest absolute Gasteiger partial charge is 0.244 e. The molecule has 1 atom stereocenters. The van der Waals surface area contributed by atoms with Crippen LogP contribution in [-0.2, 0) is 26.2 Å². The van der Waals surface area contributed by atoms with E-state index in [1.807, 2.05) is 45.0 Å². The molecule has 0 heterocycles. The van der Waals surface area contributed by atoms with Crippen LogP contribution in [-0.4, -0.2) is 50.0 Å². The third kappa shape index (κ3) is 7.35. The molecule has 0 unspecified atom stereocenters. The predicted octanol–water partition coefficient (Wildman–Crippen LogP) is 4.01. The van der Waals surface area contributed by atoms with E-state index in [0.717, 1.165) is 21.7 Å². The first-order chi connectivity index (χ1) is 15.3. The van der Waals surface area contributed by atoms with Crippen molar-refractivity contribution in [1.82, 2.24) is 10.2 Å².